The zero-order valence-corrected chi connectivity index (χ0v) is 26.4. The fraction of sp³-hybridized carbons (Fsp3) is 0.290. The predicted molar refractivity (Wildman–Crippen MR) is 181 cm³/mol. The highest BCUT2D eigenvalue weighted by Gasteiger charge is 2.17. The number of rotatable bonds is 10. The third kappa shape index (κ3) is 4.76. The molecular weight excluding hydrogens is 579 g/mol. The largest absolute Gasteiger partial charge is 0.377 e. The normalized spacial score (nSPS) is 12.2. The van der Waals surface area contributed by atoms with Gasteiger partial charge in [0.25, 0.3) is 0 Å². The summed E-state index contributed by atoms with van der Waals surface area (Å²) in [6.07, 6.45) is 8.05. The van der Waals surface area contributed by atoms with Crippen LogP contribution in [0.2, 0.25) is 0 Å². The summed E-state index contributed by atoms with van der Waals surface area (Å²) in [5.41, 5.74) is 0. The number of nitrogens with one attached hydrogen (secondary N) is 1. The molecule has 0 saturated heterocycles. The lowest BCUT2D eigenvalue weighted by atomic mass is 10.1. The first-order chi connectivity index (χ1) is 18.7. The van der Waals surface area contributed by atoms with E-state index in [1.807, 2.05) is 68.0 Å². The summed E-state index contributed by atoms with van der Waals surface area (Å²) in [4.78, 5) is 6.95. The number of hydrogen-bond acceptors (Lipinski definition) is 7. The Balaban J connectivity index is 1.14. The van der Waals surface area contributed by atoms with Gasteiger partial charge in [-0.15, -0.1) is 68.0 Å². The first kappa shape index (κ1) is 25.2. The Bertz CT molecular complexity index is 1870. The zero-order chi connectivity index (χ0) is 25.6. The van der Waals surface area contributed by atoms with Gasteiger partial charge in [-0.1, -0.05) is 39.0 Å². The van der Waals surface area contributed by atoms with E-state index in [-0.39, 0.29) is 0 Å². The molecular formula is C31H29NS6. The van der Waals surface area contributed by atoms with Crippen molar-refractivity contribution in [3.8, 4) is 19.5 Å². The van der Waals surface area contributed by atoms with Crippen molar-refractivity contribution in [2.45, 2.75) is 52.4 Å². The minimum absolute atomic E-state index is 1.08. The molecule has 7 heteroatoms. The van der Waals surface area contributed by atoms with Gasteiger partial charge in [-0.2, -0.15) is 0 Å². The monoisotopic (exact) mass is 607 g/mol. The van der Waals surface area contributed by atoms with Crippen LogP contribution in [0.25, 0.3) is 58.5 Å². The Labute approximate surface area is 247 Å². The molecule has 38 heavy (non-hydrogen) atoms. The summed E-state index contributed by atoms with van der Waals surface area (Å²) < 4.78 is 8.57. The van der Waals surface area contributed by atoms with E-state index in [9.17, 15) is 0 Å². The third-order valence-electron chi connectivity index (χ3n) is 7.07. The van der Waals surface area contributed by atoms with E-state index < -0.39 is 0 Å². The highest BCUT2D eigenvalue weighted by molar-refractivity contribution is 7.36. The summed E-state index contributed by atoms with van der Waals surface area (Å²) in [7, 11) is 0. The van der Waals surface area contributed by atoms with Crippen molar-refractivity contribution < 1.29 is 0 Å². The molecule has 1 aromatic carbocycles. The fourth-order valence-electron chi connectivity index (χ4n) is 5.09. The molecule has 1 N–H and O–H groups in total. The molecule has 194 valence electrons. The topological polar surface area (TPSA) is 12.0 Å². The number of aryl methyl sites for hydroxylation is 1. The molecule has 0 amide bonds. The molecule has 0 saturated carbocycles. The molecule has 0 aliphatic carbocycles. The minimum Gasteiger partial charge on any atom is -0.377 e. The maximum atomic E-state index is 3.66. The Kier molecular flexibility index (Phi) is 7.09. The van der Waals surface area contributed by atoms with Crippen molar-refractivity contribution in [3.63, 3.8) is 0 Å². The quantitative estimate of drug-likeness (QED) is 0.153. The second kappa shape index (κ2) is 10.7. The van der Waals surface area contributed by atoms with Gasteiger partial charge in [0.15, 0.2) is 0 Å². The van der Waals surface area contributed by atoms with Crippen LogP contribution in [0.4, 0.5) is 5.00 Å². The van der Waals surface area contributed by atoms with Crippen molar-refractivity contribution >= 4 is 112 Å². The van der Waals surface area contributed by atoms with Crippen LogP contribution in [0, 0.1) is 6.92 Å². The van der Waals surface area contributed by atoms with Crippen LogP contribution in [-0.4, -0.2) is 6.54 Å². The van der Waals surface area contributed by atoms with Gasteiger partial charge < -0.3 is 5.32 Å². The van der Waals surface area contributed by atoms with E-state index in [4.69, 9.17) is 0 Å². The van der Waals surface area contributed by atoms with E-state index >= 15 is 0 Å². The van der Waals surface area contributed by atoms with Crippen molar-refractivity contribution in [2.24, 2.45) is 0 Å². The van der Waals surface area contributed by atoms with Gasteiger partial charge in [0.1, 0.15) is 0 Å². The second-order valence-corrected chi connectivity index (χ2v) is 16.6. The number of anilines is 1. The van der Waals surface area contributed by atoms with Crippen LogP contribution in [0.3, 0.4) is 0 Å². The van der Waals surface area contributed by atoms with E-state index in [1.165, 1.54) is 107 Å². The first-order valence-corrected chi connectivity index (χ1v) is 18.3. The Morgan fingerprint density at radius 1 is 0.553 bits per heavy atom. The molecule has 6 aromatic heterocycles. The SMILES string of the molecule is CCCCCCCCNc1ccc(-c2cc3sc4cc5sc6cc(-c7ccc(C)s7)sc6c5cc4c3s2)s1. The summed E-state index contributed by atoms with van der Waals surface area (Å²) in [5, 5.41) is 7.81. The van der Waals surface area contributed by atoms with Crippen LogP contribution >= 0.6 is 68.0 Å². The number of fused-ring (bicyclic) bond motifs is 6. The third-order valence-corrected chi connectivity index (χ3v) is 14.3. The van der Waals surface area contributed by atoms with Gasteiger partial charge in [0.2, 0.25) is 0 Å². The van der Waals surface area contributed by atoms with E-state index in [1.54, 1.807) is 0 Å². The van der Waals surface area contributed by atoms with Crippen molar-refractivity contribution in [1.82, 2.24) is 0 Å². The first-order valence-electron chi connectivity index (χ1n) is 13.4. The van der Waals surface area contributed by atoms with Gasteiger partial charge in [-0.05, 0) is 61.9 Å². The van der Waals surface area contributed by atoms with Crippen molar-refractivity contribution in [1.29, 1.82) is 0 Å². The summed E-state index contributed by atoms with van der Waals surface area (Å²) in [5.74, 6) is 0. The van der Waals surface area contributed by atoms with Gasteiger partial charge in [-0.25, -0.2) is 0 Å². The predicted octanol–water partition coefficient (Wildman–Crippen LogP) is 13.1. The maximum Gasteiger partial charge on any atom is 0.0889 e. The lowest BCUT2D eigenvalue weighted by Crippen LogP contribution is -1.99. The number of thiophene rings is 6. The molecule has 6 heterocycles. The fourth-order valence-corrected chi connectivity index (χ4v) is 12.2. The molecule has 7 rings (SSSR count). The molecule has 0 unspecified atom stereocenters. The van der Waals surface area contributed by atoms with Gasteiger partial charge >= 0.3 is 0 Å². The summed E-state index contributed by atoms with van der Waals surface area (Å²) in [6, 6.07) is 18.8. The summed E-state index contributed by atoms with van der Waals surface area (Å²) >= 11 is 11.6. The van der Waals surface area contributed by atoms with Crippen LogP contribution in [0.1, 0.15) is 50.3 Å². The number of benzene rings is 1. The average molecular weight is 608 g/mol. The lowest BCUT2D eigenvalue weighted by molar-refractivity contribution is 0.617. The number of hydrogen-bond donors (Lipinski definition) is 1. The molecule has 0 aliphatic heterocycles. The van der Waals surface area contributed by atoms with Crippen LogP contribution in [0.15, 0.2) is 48.5 Å². The van der Waals surface area contributed by atoms with E-state index in [2.05, 4.69) is 67.7 Å². The number of unbranched alkanes of at least 4 members (excludes halogenated alkanes) is 5. The highest BCUT2D eigenvalue weighted by Crippen LogP contribution is 2.49. The molecule has 0 bridgehead atoms. The smallest absolute Gasteiger partial charge is 0.0889 e. The van der Waals surface area contributed by atoms with Gasteiger partial charge in [-0.3, -0.25) is 0 Å². The maximum absolute atomic E-state index is 3.66. The van der Waals surface area contributed by atoms with Gasteiger partial charge in [0, 0.05) is 60.5 Å². The molecule has 0 atom stereocenters. The molecule has 0 radical (unpaired) electrons. The molecule has 0 aliphatic rings. The second-order valence-electron chi connectivity index (χ2n) is 9.93. The summed E-state index contributed by atoms with van der Waals surface area (Å²) in [6.45, 7) is 5.55. The van der Waals surface area contributed by atoms with Crippen LogP contribution in [0.5, 0.6) is 0 Å². The lowest BCUT2D eigenvalue weighted by Gasteiger charge is -2.03. The average Bonchev–Trinajstić information content (AvgIpc) is 3.72. The Morgan fingerprint density at radius 3 is 1.84 bits per heavy atom. The van der Waals surface area contributed by atoms with E-state index in [0.717, 1.165) is 6.54 Å². The van der Waals surface area contributed by atoms with Crippen LogP contribution < -0.4 is 5.32 Å². The molecule has 0 fully saturated rings. The van der Waals surface area contributed by atoms with Gasteiger partial charge in [0.05, 0.1) is 14.4 Å². The Morgan fingerprint density at radius 2 is 1.18 bits per heavy atom. The van der Waals surface area contributed by atoms with E-state index in [0.29, 0.717) is 0 Å². The van der Waals surface area contributed by atoms with Crippen molar-refractivity contribution in [3.05, 3.63) is 53.4 Å². The highest BCUT2D eigenvalue weighted by atomic mass is 32.1. The minimum atomic E-state index is 1.08. The standard InChI is InChI=1S/C31H29NS6/c1-3-4-5-6-7-8-13-32-29-12-11-22(36-29)26-17-28-31(38-26)20-14-19-23(15-24(20)35-28)34-27-16-25(37-30(19)27)21-10-9-18(2)33-21/h9-12,14-17,32H,3-8,13H2,1-2H3. The molecule has 1 nitrogen and oxygen atoms in total. The van der Waals surface area contributed by atoms with Crippen molar-refractivity contribution in [2.75, 3.05) is 11.9 Å². The molecule has 7 aromatic rings. The Hall–Kier alpha value is -1.74. The van der Waals surface area contributed by atoms with Crippen LogP contribution in [-0.2, 0) is 0 Å². The zero-order valence-electron chi connectivity index (χ0n) is 21.5. The molecule has 0 spiro atoms.